The lowest BCUT2D eigenvalue weighted by Crippen LogP contribution is -2.00. The summed E-state index contributed by atoms with van der Waals surface area (Å²) < 4.78 is 5.44. The molecule has 0 spiro atoms. The van der Waals surface area contributed by atoms with Crippen molar-refractivity contribution in [2.45, 2.75) is 13.3 Å². The van der Waals surface area contributed by atoms with Crippen molar-refractivity contribution in [1.29, 1.82) is 0 Å². The molecule has 3 N–H and O–H groups in total. The van der Waals surface area contributed by atoms with Crippen molar-refractivity contribution in [3.63, 3.8) is 0 Å². The SMILES string of the molecule is CCCOc1cc(Nc2ccc(N)cc2)ncn1. The summed E-state index contributed by atoms with van der Waals surface area (Å²) in [6.45, 7) is 2.70. The smallest absolute Gasteiger partial charge is 0.218 e. The number of nitrogen functional groups attached to an aromatic ring is 1. The van der Waals surface area contributed by atoms with Gasteiger partial charge < -0.3 is 15.8 Å². The molecule has 0 fully saturated rings. The maximum Gasteiger partial charge on any atom is 0.218 e. The number of nitrogens with one attached hydrogen (secondary N) is 1. The first-order valence-electron chi connectivity index (χ1n) is 5.85. The van der Waals surface area contributed by atoms with Crippen LogP contribution in [0.3, 0.4) is 0 Å². The third kappa shape index (κ3) is 3.35. The predicted octanol–water partition coefficient (Wildman–Crippen LogP) is 2.59. The van der Waals surface area contributed by atoms with Crippen LogP contribution in [-0.2, 0) is 0 Å². The van der Waals surface area contributed by atoms with Gasteiger partial charge in [-0.2, -0.15) is 0 Å². The molecule has 0 aliphatic heterocycles. The van der Waals surface area contributed by atoms with Crippen LogP contribution in [0.15, 0.2) is 36.7 Å². The van der Waals surface area contributed by atoms with Gasteiger partial charge in [-0.05, 0) is 30.7 Å². The van der Waals surface area contributed by atoms with Gasteiger partial charge in [0.1, 0.15) is 12.1 Å². The van der Waals surface area contributed by atoms with E-state index in [1.807, 2.05) is 24.3 Å². The Morgan fingerprint density at radius 1 is 1.22 bits per heavy atom. The molecule has 1 aromatic carbocycles. The van der Waals surface area contributed by atoms with Crippen LogP contribution in [0, 0.1) is 0 Å². The number of anilines is 3. The molecule has 0 saturated heterocycles. The molecular formula is C13H16N4O. The lowest BCUT2D eigenvalue weighted by atomic mass is 10.3. The van der Waals surface area contributed by atoms with E-state index >= 15 is 0 Å². The van der Waals surface area contributed by atoms with Crippen LogP contribution < -0.4 is 15.8 Å². The molecule has 2 rings (SSSR count). The summed E-state index contributed by atoms with van der Waals surface area (Å²) in [4.78, 5) is 8.17. The molecular weight excluding hydrogens is 228 g/mol. The minimum atomic E-state index is 0.574. The molecule has 18 heavy (non-hydrogen) atoms. The third-order valence-electron chi connectivity index (χ3n) is 2.28. The van der Waals surface area contributed by atoms with E-state index in [9.17, 15) is 0 Å². The van der Waals surface area contributed by atoms with Crippen LogP contribution in [-0.4, -0.2) is 16.6 Å². The van der Waals surface area contributed by atoms with E-state index in [1.165, 1.54) is 6.33 Å². The minimum Gasteiger partial charge on any atom is -0.478 e. The van der Waals surface area contributed by atoms with Crippen molar-refractivity contribution in [3.05, 3.63) is 36.7 Å². The van der Waals surface area contributed by atoms with Gasteiger partial charge in [0.05, 0.1) is 6.61 Å². The number of aromatic nitrogens is 2. The first-order valence-corrected chi connectivity index (χ1v) is 5.85. The standard InChI is InChI=1S/C13H16N4O/c1-2-7-18-13-8-12(15-9-16-13)17-11-5-3-10(14)4-6-11/h3-6,8-9H,2,7,14H2,1H3,(H,15,16,17). The Morgan fingerprint density at radius 3 is 2.72 bits per heavy atom. The van der Waals surface area contributed by atoms with Crippen molar-refractivity contribution < 1.29 is 4.74 Å². The maximum absolute atomic E-state index is 5.63. The molecule has 0 saturated carbocycles. The molecule has 0 amide bonds. The topological polar surface area (TPSA) is 73.1 Å². The molecule has 0 radical (unpaired) electrons. The molecule has 94 valence electrons. The van der Waals surface area contributed by atoms with Crippen LogP contribution in [0.1, 0.15) is 13.3 Å². The van der Waals surface area contributed by atoms with E-state index in [4.69, 9.17) is 10.5 Å². The van der Waals surface area contributed by atoms with Gasteiger partial charge >= 0.3 is 0 Å². The second-order valence-electron chi connectivity index (χ2n) is 3.84. The monoisotopic (exact) mass is 244 g/mol. The normalized spacial score (nSPS) is 10.1. The quantitative estimate of drug-likeness (QED) is 0.791. The van der Waals surface area contributed by atoms with Gasteiger partial charge in [0.15, 0.2) is 0 Å². The van der Waals surface area contributed by atoms with Crippen molar-refractivity contribution in [2.24, 2.45) is 0 Å². The van der Waals surface area contributed by atoms with Crippen molar-refractivity contribution in [2.75, 3.05) is 17.7 Å². The maximum atomic E-state index is 5.63. The molecule has 0 aliphatic carbocycles. The van der Waals surface area contributed by atoms with Crippen LogP contribution in [0.4, 0.5) is 17.2 Å². The summed E-state index contributed by atoms with van der Waals surface area (Å²) in [5.41, 5.74) is 7.28. The molecule has 1 heterocycles. The number of ether oxygens (including phenoxy) is 1. The van der Waals surface area contributed by atoms with Crippen LogP contribution in [0.2, 0.25) is 0 Å². The van der Waals surface area contributed by atoms with Gasteiger partial charge in [0.2, 0.25) is 5.88 Å². The Labute approximate surface area is 106 Å². The highest BCUT2D eigenvalue weighted by molar-refractivity contribution is 5.59. The van der Waals surface area contributed by atoms with Crippen LogP contribution >= 0.6 is 0 Å². The Balaban J connectivity index is 2.06. The van der Waals surface area contributed by atoms with Crippen molar-refractivity contribution in [3.8, 4) is 5.88 Å². The number of nitrogens with two attached hydrogens (primary N) is 1. The Bertz CT molecular complexity index is 499. The summed E-state index contributed by atoms with van der Waals surface area (Å²) in [6.07, 6.45) is 2.43. The number of rotatable bonds is 5. The molecule has 5 heteroatoms. The average Bonchev–Trinajstić information content (AvgIpc) is 2.40. The zero-order valence-corrected chi connectivity index (χ0v) is 10.3. The fourth-order valence-corrected chi connectivity index (χ4v) is 1.41. The van der Waals surface area contributed by atoms with E-state index in [1.54, 1.807) is 6.07 Å². The average molecular weight is 244 g/mol. The zero-order valence-electron chi connectivity index (χ0n) is 10.3. The van der Waals surface area contributed by atoms with Gasteiger partial charge in [-0.1, -0.05) is 6.92 Å². The first kappa shape index (κ1) is 12.2. The van der Waals surface area contributed by atoms with Gasteiger partial charge in [-0.15, -0.1) is 0 Å². The molecule has 0 bridgehead atoms. The lowest BCUT2D eigenvalue weighted by Gasteiger charge is -2.07. The first-order chi connectivity index (χ1) is 8.78. The van der Waals surface area contributed by atoms with E-state index in [0.29, 0.717) is 18.3 Å². The number of hydrogen-bond acceptors (Lipinski definition) is 5. The van der Waals surface area contributed by atoms with Crippen LogP contribution in [0.25, 0.3) is 0 Å². The highest BCUT2D eigenvalue weighted by Crippen LogP contribution is 2.18. The molecule has 0 aliphatic rings. The summed E-state index contributed by atoms with van der Waals surface area (Å²) in [5, 5.41) is 3.16. The fourth-order valence-electron chi connectivity index (χ4n) is 1.41. The highest BCUT2D eigenvalue weighted by Gasteiger charge is 2.00. The van der Waals surface area contributed by atoms with E-state index in [2.05, 4.69) is 22.2 Å². The molecule has 0 atom stereocenters. The zero-order chi connectivity index (χ0) is 12.8. The molecule has 1 aromatic heterocycles. The van der Waals surface area contributed by atoms with Crippen molar-refractivity contribution >= 4 is 17.2 Å². The van der Waals surface area contributed by atoms with E-state index < -0.39 is 0 Å². The number of benzene rings is 1. The predicted molar refractivity (Wildman–Crippen MR) is 72.0 cm³/mol. The molecule has 0 unspecified atom stereocenters. The van der Waals surface area contributed by atoms with Crippen molar-refractivity contribution in [1.82, 2.24) is 9.97 Å². The highest BCUT2D eigenvalue weighted by atomic mass is 16.5. The van der Waals surface area contributed by atoms with Gasteiger partial charge in [-0.25, -0.2) is 9.97 Å². The Morgan fingerprint density at radius 2 is 2.00 bits per heavy atom. The molecule has 2 aromatic rings. The van der Waals surface area contributed by atoms with Crippen LogP contribution in [0.5, 0.6) is 5.88 Å². The van der Waals surface area contributed by atoms with Gasteiger partial charge in [0, 0.05) is 17.4 Å². The van der Waals surface area contributed by atoms with Gasteiger partial charge in [-0.3, -0.25) is 0 Å². The number of nitrogens with zero attached hydrogens (tertiary/aromatic N) is 2. The van der Waals surface area contributed by atoms with E-state index in [0.717, 1.165) is 17.8 Å². The minimum absolute atomic E-state index is 0.574. The summed E-state index contributed by atoms with van der Waals surface area (Å²) in [7, 11) is 0. The third-order valence-corrected chi connectivity index (χ3v) is 2.28. The summed E-state index contributed by atoms with van der Waals surface area (Å²) >= 11 is 0. The molecule has 5 nitrogen and oxygen atoms in total. The number of hydrogen-bond donors (Lipinski definition) is 2. The fraction of sp³-hybridized carbons (Fsp3) is 0.231. The lowest BCUT2D eigenvalue weighted by molar-refractivity contribution is 0.305. The van der Waals surface area contributed by atoms with Gasteiger partial charge in [0.25, 0.3) is 0 Å². The summed E-state index contributed by atoms with van der Waals surface area (Å²) in [6, 6.07) is 9.22. The largest absolute Gasteiger partial charge is 0.478 e. The Hall–Kier alpha value is -2.30. The second-order valence-corrected chi connectivity index (χ2v) is 3.84. The Kier molecular flexibility index (Phi) is 3.96. The second kappa shape index (κ2) is 5.86. The summed E-state index contributed by atoms with van der Waals surface area (Å²) in [5.74, 6) is 1.27. The van der Waals surface area contributed by atoms with E-state index in [-0.39, 0.29) is 0 Å².